The molecule has 1 nitrogen and oxygen atoms in total. The number of fused-ring (bicyclic) bond motifs is 5. The molecule has 0 amide bonds. The molecule has 0 bridgehead atoms. The Morgan fingerprint density at radius 2 is 1.38 bits per heavy atom. The van der Waals surface area contributed by atoms with E-state index < -0.39 is 0 Å². The minimum atomic E-state index is -0.0867. The quantitative estimate of drug-likeness (QED) is 0.228. The summed E-state index contributed by atoms with van der Waals surface area (Å²) in [4.78, 5) is 0. The summed E-state index contributed by atoms with van der Waals surface area (Å²) < 4.78 is 6.49. The van der Waals surface area contributed by atoms with Gasteiger partial charge < -0.3 is 4.74 Å². The van der Waals surface area contributed by atoms with Crippen LogP contribution in [-0.4, -0.2) is 0 Å². The van der Waals surface area contributed by atoms with Gasteiger partial charge in [0.05, 0.1) is 0 Å². The molecule has 1 aliphatic heterocycles. The molecule has 2 aliphatic carbocycles. The molecule has 40 heavy (non-hydrogen) atoms. The normalized spacial score (nSPS) is 16.9. The first-order chi connectivity index (χ1) is 19.6. The second kappa shape index (κ2) is 8.69. The summed E-state index contributed by atoms with van der Waals surface area (Å²) in [6.07, 6.45) is 10.9. The number of benzene rings is 5. The summed E-state index contributed by atoms with van der Waals surface area (Å²) in [5.74, 6) is 1.92. The van der Waals surface area contributed by atoms with Crippen LogP contribution >= 0.6 is 0 Å². The van der Waals surface area contributed by atoms with Gasteiger partial charge in [-0.2, -0.15) is 0 Å². The van der Waals surface area contributed by atoms with Crippen LogP contribution in [0.2, 0.25) is 0 Å². The van der Waals surface area contributed by atoms with Gasteiger partial charge in [-0.3, -0.25) is 0 Å². The SMILES string of the molecule is CC1(C)c2cc(-c3ccccc3)ccc2-c2ccc(-c3ccc4c5c(cccc35)C3=C/C=C\CCC=C3O4)cc21. The molecule has 0 aromatic heterocycles. The van der Waals surface area contributed by atoms with Crippen LogP contribution in [0, 0.1) is 0 Å². The molecule has 0 atom stereocenters. The summed E-state index contributed by atoms with van der Waals surface area (Å²) in [5, 5.41) is 2.44. The first-order valence-corrected chi connectivity index (χ1v) is 14.3. The predicted octanol–water partition coefficient (Wildman–Crippen LogP) is 10.5. The molecular formula is C39H30O. The molecule has 0 unspecified atom stereocenters. The number of hydrogen-bond acceptors (Lipinski definition) is 1. The van der Waals surface area contributed by atoms with Crippen LogP contribution in [0.4, 0.5) is 0 Å². The molecule has 0 radical (unpaired) electrons. The fourth-order valence-corrected chi connectivity index (χ4v) is 6.85. The second-order valence-corrected chi connectivity index (χ2v) is 11.6. The lowest BCUT2D eigenvalue weighted by molar-refractivity contribution is 0.447. The smallest absolute Gasteiger partial charge is 0.135 e. The molecule has 3 aliphatic rings. The van der Waals surface area contributed by atoms with Crippen molar-refractivity contribution in [1.82, 2.24) is 0 Å². The third-order valence-corrected chi connectivity index (χ3v) is 8.93. The van der Waals surface area contributed by atoms with E-state index in [1.807, 2.05) is 0 Å². The van der Waals surface area contributed by atoms with Gasteiger partial charge in [0.2, 0.25) is 0 Å². The highest BCUT2D eigenvalue weighted by atomic mass is 16.5. The summed E-state index contributed by atoms with van der Waals surface area (Å²) in [5.41, 5.74) is 12.8. The first-order valence-electron chi connectivity index (χ1n) is 14.3. The average Bonchev–Trinajstić information content (AvgIpc) is 3.20. The molecule has 0 fully saturated rings. The van der Waals surface area contributed by atoms with Crippen molar-refractivity contribution in [1.29, 1.82) is 0 Å². The van der Waals surface area contributed by atoms with Crippen LogP contribution in [0.15, 0.2) is 127 Å². The van der Waals surface area contributed by atoms with E-state index >= 15 is 0 Å². The number of allylic oxidation sites excluding steroid dienone is 5. The van der Waals surface area contributed by atoms with Gasteiger partial charge in [-0.05, 0) is 92.6 Å². The maximum absolute atomic E-state index is 6.49. The molecule has 0 N–H and O–H groups in total. The summed E-state index contributed by atoms with van der Waals surface area (Å²) >= 11 is 0. The highest BCUT2D eigenvalue weighted by Gasteiger charge is 2.36. The van der Waals surface area contributed by atoms with Gasteiger partial charge in [0, 0.05) is 16.4 Å². The van der Waals surface area contributed by atoms with E-state index in [1.165, 1.54) is 66.4 Å². The molecule has 0 saturated carbocycles. The largest absolute Gasteiger partial charge is 0.456 e. The topological polar surface area (TPSA) is 9.23 Å². The van der Waals surface area contributed by atoms with Gasteiger partial charge in [0.15, 0.2) is 0 Å². The molecular weight excluding hydrogens is 484 g/mol. The van der Waals surface area contributed by atoms with Crippen molar-refractivity contribution in [2.45, 2.75) is 32.1 Å². The van der Waals surface area contributed by atoms with Crippen LogP contribution in [0.5, 0.6) is 5.75 Å². The number of hydrogen-bond donors (Lipinski definition) is 0. The zero-order valence-corrected chi connectivity index (χ0v) is 22.9. The Hall–Kier alpha value is -4.62. The van der Waals surface area contributed by atoms with Crippen LogP contribution in [0.1, 0.15) is 43.4 Å². The highest BCUT2D eigenvalue weighted by Crippen LogP contribution is 2.52. The Morgan fingerprint density at radius 1 is 0.625 bits per heavy atom. The van der Waals surface area contributed by atoms with Crippen LogP contribution in [0.3, 0.4) is 0 Å². The Bertz CT molecular complexity index is 1930. The first kappa shape index (κ1) is 23.3. The van der Waals surface area contributed by atoms with Gasteiger partial charge in [-0.15, -0.1) is 0 Å². The summed E-state index contributed by atoms with van der Waals surface area (Å²) in [6, 6.07) is 35.8. The summed E-state index contributed by atoms with van der Waals surface area (Å²) in [7, 11) is 0. The van der Waals surface area contributed by atoms with E-state index in [0.29, 0.717) is 0 Å². The Morgan fingerprint density at radius 3 is 2.20 bits per heavy atom. The lowest BCUT2D eigenvalue weighted by Crippen LogP contribution is -2.15. The van der Waals surface area contributed by atoms with Gasteiger partial charge >= 0.3 is 0 Å². The van der Waals surface area contributed by atoms with Gasteiger partial charge in [0.25, 0.3) is 0 Å². The van der Waals surface area contributed by atoms with Crippen LogP contribution in [-0.2, 0) is 5.41 Å². The fourth-order valence-electron chi connectivity index (χ4n) is 6.85. The van der Waals surface area contributed by atoms with Crippen molar-refractivity contribution in [3.05, 3.63) is 144 Å². The summed E-state index contributed by atoms with van der Waals surface area (Å²) in [6.45, 7) is 4.73. The van der Waals surface area contributed by atoms with Crippen molar-refractivity contribution in [3.8, 4) is 39.1 Å². The second-order valence-electron chi connectivity index (χ2n) is 11.6. The van der Waals surface area contributed by atoms with Crippen molar-refractivity contribution in [3.63, 3.8) is 0 Å². The van der Waals surface area contributed by atoms with Crippen LogP contribution < -0.4 is 4.74 Å². The monoisotopic (exact) mass is 514 g/mol. The number of rotatable bonds is 2. The van der Waals surface area contributed by atoms with Gasteiger partial charge in [-0.25, -0.2) is 0 Å². The minimum Gasteiger partial charge on any atom is -0.456 e. The van der Waals surface area contributed by atoms with Gasteiger partial charge in [-0.1, -0.05) is 111 Å². The van der Waals surface area contributed by atoms with E-state index in [9.17, 15) is 0 Å². The molecule has 0 saturated heterocycles. The van der Waals surface area contributed by atoms with E-state index in [4.69, 9.17) is 4.74 Å². The molecule has 0 spiro atoms. The molecule has 5 aromatic carbocycles. The van der Waals surface area contributed by atoms with Crippen molar-refractivity contribution in [2.24, 2.45) is 0 Å². The van der Waals surface area contributed by atoms with Gasteiger partial charge in [0.1, 0.15) is 11.5 Å². The maximum Gasteiger partial charge on any atom is 0.135 e. The molecule has 5 aromatic rings. The Labute approximate surface area is 235 Å². The highest BCUT2D eigenvalue weighted by molar-refractivity contribution is 6.09. The zero-order valence-electron chi connectivity index (χ0n) is 22.9. The zero-order chi connectivity index (χ0) is 26.8. The average molecular weight is 515 g/mol. The van der Waals surface area contributed by atoms with Crippen LogP contribution in [0.25, 0.3) is 49.7 Å². The standard InChI is InChI=1S/C39H30O/c1-39(2)34-23-26(25-11-6-5-7-12-25)17-19-29(34)30-20-18-27(24-35(30)39)28-21-22-37-38-32(28)14-10-15-33(38)31-13-8-3-4-9-16-36(31)40-37/h3,5-8,10-24H,4,9H2,1-2H3/b8-3-,31-13?,36-16?. The fraction of sp³-hybridized carbons (Fsp3) is 0.128. The lowest BCUT2D eigenvalue weighted by atomic mass is 9.80. The Balaban J connectivity index is 1.27. The van der Waals surface area contributed by atoms with E-state index in [-0.39, 0.29) is 5.41 Å². The molecule has 8 rings (SSSR count). The third kappa shape index (κ3) is 3.41. The minimum absolute atomic E-state index is 0.0867. The number of ether oxygens (including phenoxy) is 1. The maximum atomic E-state index is 6.49. The predicted molar refractivity (Wildman–Crippen MR) is 167 cm³/mol. The van der Waals surface area contributed by atoms with E-state index in [1.54, 1.807) is 0 Å². The molecule has 192 valence electrons. The van der Waals surface area contributed by atoms with E-state index in [2.05, 4.69) is 135 Å². The Kier molecular flexibility index (Phi) is 5.06. The lowest BCUT2D eigenvalue weighted by Gasteiger charge is -2.25. The molecule has 1 heteroatoms. The van der Waals surface area contributed by atoms with Crippen molar-refractivity contribution in [2.75, 3.05) is 0 Å². The van der Waals surface area contributed by atoms with E-state index in [0.717, 1.165) is 24.4 Å². The van der Waals surface area contributed by atoms with Crippen molar-refractivity contribution >= 4 is 16.3 Å². The molecule has 1 heterocycles. The van der Waals surface area contributed by atoms with Crippen molar-refractivity contribution < 1.29 is 4.74 Å². The third-order valence-electron chi connectivity index (χ3n) is 8.93.